The molecule has 0 unspecified atom stereocenters. The number of hydrogen-bond acceptors (Lipinski definition) is 2. The Morgan fingerprint density at radius 2 is 0.879 bits per heavy atom. The number of thiophene rings is 1. The Balaban J connectivity index is 1.18. The third-order valence-corrected chi connectivity index (χ3v) is 13.9. The van der Waals surface area contributed by atoms with Gasteiger partial charge < -0.3 is 4.90 Å². The van der Waals surface area contributed by atoms with E-state index in [0.29, 0.717) is 0 Å². The van der Waals surface area contributed by atoms with E-state index in [1.807, 2.05) is 11.3 Å². The molecule has 0 N–H and O–H groups in total. The third-order valence-electron chi connectivity index (χ3n) is 12.7. The van der Waals surface area contributed by atoms with Gasteiger partial charge in [-0.15, -0.1) is 11.3 Å². The molecule has 0 saturated carbocycles. The van der Waals surface area contributed by atoms with Gasteiger partial charge in [0, 0.05) is 32.3 Å². The molecule has 1 aliphatic rings. The highest BCUT2D eigenvalue weighted by atomic mass is 32.1. The highest BCUT2D eigenvalue weighted by Crippen LogP contribution is 2.55. The molecule has 12 rings (SSSR count). The summed E-state index contributed by atoms with van der Waals surface area (Å²) in [5.74, 6) is 0. The monoisotopic (exact) mass is 755 g/mol. The van der Waals surface area contributed by atoms with Crippen LogP contribution in [0.3, 0.4) is 0 Å². The highest BCUT2D eigenvalue weighted by Gasteiger charge is 2.41. The molecule has 10 aromatic carbocycles. The van der Waals surface area contributed by atoms with E-state index in [9.17, 15) is 0 Å². The van der Waals surface area contributed by atoms with Crippen LogP contribution in [0.2, 0.25) is 0 Å². The van der Waals surface area contributed by atoms with Gasteiger partial charge >= 0.3 is 0 Å². The number of benzene rings is 10. The van der Waals surface area contributed by atoms with Crippen molar-refractivity contribution in [1.82, 2.24) is 0 Å². The molecule has 58 heavy (non-hydrogen) atoms. The zero-order valence-electron chi connectivity index (χ0n) is 32.0. The van der Waals surface area contributed by atoms with E-state index >= 15 is 0 Å². The van der Waals surface area contributed by atoms with Gasteiger partial charge in [-0.05, 0) is 121 Å². The standard InChI is InChI=1S/C56H37NS/c1-56(51-24-12-9-21-46(51)47-22-10-13-25-52(47)56)38-33-50-48-23-11-14-26-54(48)58-55(50)53(34-38)57(39-29-27-37(28-30-39)36-15-3-2-4-16-36)40-31-32-45-43-19-6-5-17-41(43)42-18-7-8-20-44(42)49(45)35-40/h2-35H,1H3. The van der Waals surface area contributed by atoms with Crippen LogP contribution in [0.5, 0.6) is 0 Å². The van der Waals surface area contributed by atoms with Crippen LogP contribution >= 0.6 is 11.3 Å². The van der Waals surface area contributed by atoms with Crippen molar-refractivity contribution >= 4 is 80.9 Å². The van der Waals surface area contributed by atoms with Gasteiger partial charge in [-0.3, -0.25) is 0 Å². The Morgan fingerprint density at radius 1 is 0.379 bits per heavy atom. The van der Waals surface area contributed by atoms with Crippen LogP contribution in [0.15, 0.2) is 206 Å². The highest BCUT2D eigenvalue weighted by molar-refractivity contribution is 7.26. The minimum Gasteiger partial charge on any atom is -0.309 e. The van der Waals surface area contributed by atoms with Crippen LogP contribution in [0.1, 0.15) is 23.6 Å². The summed E-state index contributed by atoms with van der Waals surface area (Å²) in [5, 5.41) is 10.2. The number of hydrogen-bond donors (Lipinski definition) is 0. The van der Waals surface area contributed by atoms with Crippen molar-refractivity contribution in [3.63, 3.8) is 0 Å². The summed E-state index contributed by atoms with van der Waals surface area (Å²) >= 11 is 1.89. The first-order chi connectivity index (χ1) is 28.6. The first kappa shape index (κ1) is 33.2. The topological polar surface area (TPSA) is 3.24 Å². The quantitative estimate of drug-likeness (QED) is 0.158. The Labute approximate surface area is 341 Å². The van der Waals surface area contributed by atoms with Crippen LogP contribution in [0, 0.1) is 0 Å². The molecule has 0 spiro atoms. The van der Waals surface area contributed by atoms with Crippen LogP contribution in [0.4, 0.5) is 17.1 Å². The fourth-order valence-electron chi connectivity index (χ4n) is 9.92. The molecule has 272 valence electrons. The summed E-state index contributed by atoms with van der Waals surface area (Å²) in [4.78, 5) is 2.52. The largest absolute Gasteiger partial charge is 0.309 e. The molecular formula is C56H37NS. The number of nitrogens with zero attached hydrogens (tertiary/aromatic N) is 1. The van der Waals surface area contributed by atoms with Crippen LogP contribution in [0.25, 0.3) is 74.7 Å². The Bertz CT molecular complexity index is 3330. The van der Waals surface area contributed by atoms with E-state index in [0.717, 1.165) is 11.4 Å². The number of anilines is 3. The molecule has 1 aromatic heterocycles. The van der Waals surface area contributed by atoms with E-state index < -0.39 is 0 Å². The summed E-state index contributed by atoms with van der Waals surface area (Å²) in [6, 6.07) is 76.6. The minimum absolute atomic E-state index is 0.361. The molecule has 1 aliphatic carbocycles. The predicted octanol–water partition coefficient (Wildman–Crippen LogP) is 16.0. The number of rotatable bonds is 5. The SMILES string of the molecule is CC1(c2cc(N(c3ccc(-c4ccccc4)cc3)c3ccc4c5ccccc5c5ccccc5c4c3)c3sc4ccccc4c3c2)c2ccccc2-c2ccccc21. The molecule has 0 fully saturated rings. The van der Waals surface area contributed by atoms with E-state index in [-0.39, 0.29) is 5.41 Å². The molecule has 0 radical (unpaired) electrons. The fraction of sp³-hybridized carbons (Fsp3) is 0.0357. The molecule has 2 heteroatoms. The van der Waals surface area contributed by atoms with Gasteiger partial charge in [0.2, 0.25) is 0 Å². The third kappa shape index (κ3) is 4.82. The Morgan fingerprint density at radius 3 is 1.53 bits per heavy atom. The molecule has 11 aromatic rings. The second kappa shape index (κ2) is 12.8. The van der Waals surface area contributed by atoms with Crippen molar-refractivity contribution < 1.29 is 0 Å². The van der Waals surface area contributed by atoms with Crippen LogP contribution in [-0.4, -0.2) is 0 Å². The normalized spacial score (nSPS) is 13.1. The predicted molar refractivity (Wildman–Crippen MR) is 249 cm³/mol. The van der Waals surface area contributed by atoms with E-state index in [1.165, 1.54) is 97.1 Å². The summed E-state index contributed by atoms with van der Waals surface area (Å²) in [6.45, 7) is 2.43. The van der Waals surface area contributed by atoms with Gasteiger partial charge in [-0.25, -0.2) is 0 Å². The summed E-state index contributed by atoms with van der Waals surface area (Å²) in [5.41, 5.74) is 12.1. The summed E-state index contributed by atoms with van der Waals surface area (Å²) < 4.78 is 2.58. The maximum atomic E-state index is 2.52. The minimum atomic E-state index is -0.361. The maximum absolute atomic E-state index is 2.52. The van der Waals surface area contributed by atoms with Gasteiger partial charge in [0.15, 0.2) is 0 Å². The zero-order valence-corrected chi connectivity index (χ0v) is 32.8. The van der Waals surface area contributed by atoms with Crippen LogP contribution in [-0.2, 0) is 5.41 Å². The summed E-state index contributed by atoms with van der Waals surface area (Å²) in [7, 11) is 0. The molecule has 0 aliphatic heterocycles. The lowest BCUT2D eigenvalue weighted by Crippen LogP contribution is -2.23. The van der Waals surface area contributed by atoms with Crippen LogP contribution < -0.4 is 4.90 Å². The van der Waals surface area contributed by atoms with Crippen molar-refractivity contribution in [3.05, 3.63) is 223 Å². The van der Waals surface area contributed by atoms with Crippen molar-refractivity contribution in [3.8, 4) is 22.3 Å². The Kier molecular flexibility index (Phi) is 7.30. The van der Waals surface area contributed by atoms with Gasteiger partial charge in [0.05, 0.1) is 10.4 Å². The second-order valence-electron chi connectivity index (χ2n) is 15.8. The zero-order chi connectivity index (χ0) is 38.4. The lowest BCUT2D eigenvalue weighted by molar-refractivity contribution is 0.715. The molecular weight excluding hydrogens is 719 g/mol. The average Bonchev–Trinajstić information content (AvgIpc) is 3.80. The lowest BCUT2D eigenvalue weighted by atomic mass is 9.74. The fourth-order valence-corrected chi connectivity index (χ4v) is 11.1. The Hall–Kier alpha value is -7.00. The molecule has 1 heterocycles. The first-order valence-corrected chi connectivity index (χ1v) is 20.9. The molecule has 0 bridgehead atoms. The van der Waals surface area contributed by atoms with Gasteiger partial charge in [0.25, 0.3) is 0 Å². The maximum Gasteiger partial charge on any atom is 0.0643 e. The molecule has 0 saturated heterocycles. The van der Waals surface area contributed by atoms with Crippen molar-refractivity contribution in [2.45, 2.75) is 12.3 Å². The van der Waals surface area contributed by atoms with Crippen molar-refractivity contribution in [2.75, 3.05) is 4.90 Å². The number of fused-ring (bicyclic) bond motifs is 12. The lowest BCUT2D eigenvalue weighted by Gasteiger charge is -2.32. The van der Waals surface area contributed by atoms with E-state index in [4.69, 9.17) is 0 Å². The first-order valence-electron chi connectivity index (χ1n) is 20.1. The van der Waals surface area contributed by atoms with Crippen molar-refractivity contribution in [2.24, 2.45) is 0 Å². The van der Waals surface area contributed by atoms with Gasteiger partial charge in [0.1, 0.15) is 0 Å². The van der Waals surface area contributed by atoms with Gasteiger partial charge in [-0.1, -0.05) is 164 Å². The molecule has 1 nitrogen and oxygen atoms in total. The smallest absolute Gasteiger partial charge is 0.0643 e. The second-order valence-corrected chi connectivity index (χ2v) is 16.8. The average molecular weight is 756 g/mol. The molecule has 0 amide bonds. The van der Waals surface area contributed by atoms with E-state index in [2.05, 4.69) is 218 Å². The van der Waals surface area contributed by atoms with E-state index in [1.54, 1.807) is 0 Å². The van der Waals surface area contributed by atoms with Gasteiger partial charge in [-0.2, -0.15) is 0 Å². The summed E-state index contributed by atoms with van der Waals surface area (Å²) in [6.07, 6.45) is 0. The van der Waals surface area contributed by atoms with Crippen molar-refractivity contribution in [1.29, 1.82) is 0 Å². The molecule has 0 atom stereocenters.